The number of fused-ring (bicyclic) bond motifs is 2. The van der Waals surface area contributed by atoms with Crippen LogP contribution in [0.15, 0.2) is 97.1 Å². The summed E-state index contributed by atoms with van der Waals surface area (Å²) in [4.78, 5) is 24.1. The van der Waals surface area contributed by atoms with Gasteiger partial charge in [0.1, 0.15) is 11.4 Å². The number of carbonyl (C=O) groups is 1. The van der Waals surface area contributed by atoms with Crippen molar-refractivity contribution < 1.29 is 9.53 Å². The molecule has 3 aromatic carbocycles. The lowest BCUT2D eigenvalue weighted by atomic mass is 9.60. The molecule has 3 aliphatic rings. The first kappa shape index (κ1) is 30.1. The first-order valence-electron chi connectivity index (χ1n) is 16.3. The smallest absolute Gasteiger partial charge is 0.308 e. The molecule has 1 aromatic heterocycles. The molecule has 5 nitrogen and oxygen atoms in total. The molecule has 1 fully saturated rings. The highest BCUT2D eigenvalue weighted by atomic mass is 16.6. The van der Waals surface area contributed by atoms with Gasteiger partial charge < -0.3 is 14.6 Å². The van der Waals surface area contributed by atoms with Crippen LogP contribution in [0.4, 0.5) is 0 Å². The number of rotatable bonds is 12. The van der Waals surface area contributed by atoms with E-state index < -0.39 is 5.60 Å². The van der Waals surface area contributed by atoms with E-state index in [9.17, 15) is 4.79 Å². The number of benzene rings is 3. The Kier molecular flexibility index (Phi) is 9.13. The van der Waals surface area contributed by atoms with Gasteiger partial charge in [0, 0.05) is 36.4 Å². The van der Waals surface area contributed by atoms with Crippen LogP contribution in [0.25, 0.3) is 28.1 Å². The Labute approximate surface area is 262 Å². The van der Waals surface area contributed by atoms with Crippen LogP contribution >= 0.6 is 0 Å². The van der Waals surface area contributed by atoms with Crippen molar-refractivity contribution in [1.29, 1.82) is 0 Å². The normalized spacial score (nSPS) is 21.1. The van der Waals surface area contributed by atoms with Crippen molar-refractivity contribution in [3.8, 4) is 22.5 Å². The number of aryl methyl sites for hydroxylation is 1. The summed E-state index contributed by atoms with van der Waals surface area (Å²) in [6, 6.07) is 31.6. The number of esters is 1. The van der Waals surface area contributed by atoms with E-state index in [1.54, 1.807) is 0 Å². The molecule has 3 aliphatic carbocycles. The van der Waals surface area contributed by atoms with Gasteiger partial charge in [-0.1, -0.05) is 111 Å². The molecule has 1 N–H and O–H groups in total. The molecule has 1 heterocycles. The Bertz CT molecular complexity index is 1500. The molecule has 0 unspecified atom stereocenters. The average Bonchev–Trinajstić information content (AvgIpc) is 3.49. The lowest BCUT2D eigenvalue weighted by Gasteiger charge is -2.50. The van der Waals surface area contributed by atoms with E-state index in [2.05, 4.69) is 102 Å². The van der Waals surface area contributed by atoms with Crippen LogP contribution in [0, 0.1) is 17.8 Å². The van der Waals surface area contributed by atoms with Gasteiger partial charge in [-0.3, -0.25) is 4.79 Å². The Morgan fingerprint density at radius 1 is 0.909 bits per heavy atom. The van der Waals surface area contributed by atoms with Crippen molar-refractivity contribution in [2.24, 2.45) is 17.8 Å². The van der Waals surface area contributed by atoms with E-state index in [0.29, 0.717) is 5.92 Å². The number of carbonyl (C=O) groups excluding carboxylic acids is 1. The molecule has 4 aromatic rings. The summed E-state index contributed by atoms with van der Waals surface area (Å²) in [6.45, 7) is 5.73. The fourth-order valence-electron chi connectivity index (χ4n) is 7.07. The van der Waals surface area contributed by atoms with E-state index in [1.165, 1.54) is 17.6 Å². The third kappa shape index (κ3) is 6.58. The number of allylic oxidation sites excluding steroid dienone is 1. The SMILES string of the molecule is CC(C)C(=O)O[C@]1(CCN(C)CCCc2nc(-c3ccccc3)c(-c3ccccc3)[nH]2)C[C@@H]2CC[C@H]1C=C2c1ccccc1. The minimum Gasteiger partial charge on any atom is -0.458 e. The second-order valence-corrected chi connectivity index (χ2v) is 13.0. The molecule has 44 heavy (non-hydrogen) atoms. The van der Waals surface area contributed by atoms with E-state index in [0.717, 1.165) is 73.5 Å². The van der Waals surface area contributed by atoms with Gasteiger partial charge >= 0.3 is 5.97 Å². The second-order valence-electron chi connectivity index (χ2n) is 13.0. The predicted molar refractivity (Wildman–Crippen MR) is 179 cm³/mol. The molecular formula is C39H45N3O2. The zero-order valence-electron chi connectivity index (χ0n) is 26.3. The predicted octanol–water partition coefficient (Wildman–Crippen LogP) is 8.45. The summed E-state index contributed by atoms with van der Waals surface area (Å²) >= 11 is 0. The van der Waals surface area contributed by atoms with Gasteiger partial charge in [0.2, 0.25) is 0 Å². The maximum atomic E-state index is 13.0. The van der Waals surface area contributed by atoms with Crippen LogP contribution in [-0.2, 0) is 16.0 Å². The van der Waals surface area contributed by atoms with Crippen LogP contribution < -0.4 is 0 Å². The van der Waals surface area contributed by atoms with Gasteiger partial charge in [-0.25, -0.2) is 4.98 Å². The van der Waals surface area contributed by atoms with E-state index >= 15 is 0 Å². The third-order valence-electron chi connectivity index (χ3n) is 9.53. The Balaban J connectivity index is 1.12. The van der Waals surface area contributed by atoms with Gasteiger partial charge in [-0.05, 0) is 56.3 Å². The molecule has 0 radical (unpaired) electrons. The summed E-state index contributed by atoms with van der Waals surface area (Å²) in [6.07, 6.45) is 8.34. The summed E-state index contributed by atoms with van der Waals surface area (Å²) in [5.74, 6) is 1.51. The summed E-state index contributed by atoms with van der Waals surface area (Å²) < 4.78 is 6.46. The first-order valence-corrected chi connectivity index (χ1v) is 16.3. The van der Waals surface area contributed by atoms with E-state index in [1.807, 2.05) is 26.0 Å². The molecular weight excluding hydrogens is 542 g/mol. The summed E-state index contributed by atoms with van der Waals surface area (Å²) in [5, 5.41) is 0. The number of aromatic nitrogens is 2. The molecule has 228 valence electrons. The molecule has 0 saturated heterocycles. The second kappa shape index (κ2) is 13.4. The molecule has 0 aliphatic heterocycles. The quantitative estimate of drug-likeness (QED) is 0.169. The third-order valence-corrected chi connectivity index (χ3v) is 9.53. The van der Waals surface area contributed by atoms with Crippen molar-refractivity contribution >= 4 is 11.5 Å². The number of H-pyrrole nitrogens is 1. The Hall–Kier alpha value is -3.96. The van der Waals surface area contributed by atoms with Crippen LogP contribution in [0.1, 0.15) is 57.3 Å². The van der Waals surface area contributed by atoms with Gasteiger partial charge in [0.25, 0.3) is 0 Å². The molecule has 3 atom stereocenters. The first-order chi connectivity index (χ1) is 21.4. The number of nitrogens with zero attached hydrogens (tertiary/aromatic N) is 2. The molecule has 7 rings (SSSR count). The van der Waals surface area contributed by atoms with E-state index in [4.69, 9.17) is 9.72 Å². The average molecular weight is 588 g/mol. The maximum Gasteiger partial charge on any atom is 0.308 e. The minimum atomic E-state index is -0.424. The lowest BCUT2D eigenvalue weighted by molar-refractivity contribution is -0.176. The number of hydrogen-bond donors (Lipinski definition) is 1. The number of nitrogens with one attached hydrogen (secondary N) is 1. The standard InChI is InChI=1S/C39H45N3O2/c1-28(2)38(43)44-39(27-32-21-22-33(39)26-34(32)29-14-7-4-8-15-29)23-25-42(3)24-13-20-35-40-36(30-16-9-5-10-17-30)37(41-35)31-18-11-6-12-19-31/h4-12,14-19,26,28,32-33H,13,20-25,27H2,1-3H3,(H,40,41)/t32-,33-,39+/m0/s1. The maximum absolute atomic E-state index is 13.0. The molecule has 2 bridgehead atoms. The monoisotopic (exact) mass is 587 g/mol. The van der Waals surface area contributed by atoms with Crippen LogP contribution in [0.3, 0.4) is 0 Å². The summed E-state index contributed by atoms with van der Waals surface area (Å²) in [7, 11) is 2.19. The fourth-order valence-corrected chi connectivity index (χ4v) is 7.07. The highest BCUT2D eigenvalue weighted by Crippen LogP contribution is 2.53. The van der Waals surface area contributed by atoms with Gasteiger partial charge in [-0.2, -0.15) is 0 Å². The van der Waals surface area contributed by atoms with Crippen molar-refractivity contribution in [1.82, 2.24) is 14.9 Å². The van der Waals surface area contributed by atoms with Crippen molar-refractivity contribution in [3.63, 3.8) is 0 Å². The highest BCUT2D eigenvalue weighted by Gasteiger charge is 2.50. The largest absolute Gasteiger partial charge is 0.458 e. The lowest BCUT2D eigenvalue weighted by Crippen LogP contribution is -2.51. The number of imidazole rings is 1. The van der Waals surface area contributed by atoms with Crippen LogP contribution in [0.5, 0.6) is 0 Å². The highest BCUT2D eigenvalue weighted by molar-refractivity contribution is 5.78. The van der Waals surface area contributed by atoms with Crippen molar-refractivity contribution in [2.45, 2.75) is 58.0 Å². The zero-order chi connectivity index (χ0) is 30.5. The van der Waals surface area contributed by atoms with Crippen LogP contribution in [-0.4, -0.2) is 46.6 Å². The Morgan fingerprint density at radius 3 is 2.16 bits per heavy atom. The van der Waals surface area contributed by atoms with Crippen molar-refractivity contribution in [3.05, 3.63) is 108 Å². The van der Waals surface area contributed by atoms with Gasteiger partial charge in [0.05, 0.1) is 17.3 Å². The Morgan fingerprint density at radius 2 is 1.55 bits per heavy atom. The van der Waals surface area contributed by atoms with E-state index in [-0.39, 0.29) is 17.8 Å². The number of ether oxygens (including phenoxy) is 1. The molecule has 1 saturated carbocycles. The van der Waals surface area contributed by atoms with Crippen molar-refractivity contribution in [2.75, 3.05) is 20.1 Å². The zero-order valence-corrected chi connectivity index (χ0v) is 26.3. The fraction of sp³-hybridized carbons (Fsp3) is 0.385. The number of hydrogen-bond acceptors (Lipinski definition) is 4. The summed E-state index contributed by atoms with van der Waals surface area (Å²) in [5.41, 5.74) is 6.68. The molecule has 5 heteroatoms. The van der Waals surface area contributed by atoms with Gasteiger partial charge in [-0.15, -0.1) is 0 Å². The topological polar surface area (TPSA) is 58.2 Å². The minimum absolute atomic E-state index is 0.0730. The number of aromatic amines is 1. The van der Waals surface area contributed by atoms with Crippen LogP contribution in [0.2, 0.25) is 0 Å². The molecule has 0 amide bonds. The van der Waals surface area contributed by atoms with Gasteiger partial charge in [0.15, 0.2) is 0 Å². The molecule has 0 spiro atoms.